The second kappa shape index (κ2) is 5.94. The van der Waals surface area contributed by atoms with Crippen molar-refractivity contribution in [1.82, 2.24) is 0 Å². The Bertz CT molecular complexity index is 937. The highest BCUT2D eigenvalue weighted by Gasteiger charge is 2.39. The lowest BCUT2D eigenvalue weighted by atomic mass is 9.76. The van der Waals surface area contributed by atoms with E-state index in [1.54, 1.807) is 24.3 Å². The van der Waals surface area contributed by atoms with Gasteiger partial charge >= 0.3 is 0 Å². The number of nitro groups is 2. The van der Waals surface area contributed by atoms with Crippen molar-refractivity contribution in [2.75, 3.05) is 5.32 Å². The van der Waals surface area contributed by atoms with E-state index in [0.29, 0.717) is 0 Å². The van der Waals surface area contributed by atoms with Gasteiger partial charge in [0.25, 0.3) is 11.4 Å². The molecule has 0 saturated heterocycles. The predicted octanol–water partition coefficient (Wildman–Crippen LogP) is 4.64. The molecule has 0 radical (unpaired) electrons. The van der Waals surface area contributed by atoms with Crippen molar-refractivity contribution in [3.63, 3.8) is 0 Å². The lowest BCUT2D eigenvalue weighted by Gasteiger charge is -2.38. The normalized spacial score (nSPS) is 23.0. The Hall–Kier alpha value is -3.22. The first kappa shape index (κ1) is 16.3. The standard InChI is InChI=1S/C19H17N3O4/c1-11-9-14(22(25)26)10-17-15-3-2-4-16(15)19(20-18(11)17)12-5-7-13(8-6-12)21(23)24/h2-3,5-10,15-16,19-20H,4H2,1H3/t15-,16+,19+/m0/s1. The van der Waals surface area contributed by atoms with E-state index in [0.717, 1.165) is 28.8 Å². The van der Waals surface area contributed by atoms with E-state index in [9.17, 15) is 20.2 Å². The quantitative estimate of drug-likeness (QED) is 0.493. The zero-order chi connectivity index (χ0) is 18.4. The van der Waals surface area contributed by atoms with Crippen molar-refractivity contribution in [3.05, 3.63) is 85.5 Å². The Balaban J connectivity index is 1.77. The molecule has 0 spiro atoms. The maximum absolute atomic E-state index is 11.2. The van der Waals surface area contributed by atoms with Gasteiger partial charge in [-0.05, 0) is 36.0 Å². The lowest BCUT2D eigenvalue weighted by molar-refractivity contribution is -0.385. The minimum absolute atomic E-state index is 0.00320. The first-order valence-corrected chi connectivity index (χ1v) is 8.42. The van der Waals surface area contributed by atoms with E-state index in [4.69, 9.17) is 0 Å². The minimum Gasteiger partial charge on any atom is -0.377 e. The number of nitrogens with one attached hydrogen (secondary N) is 1. The number of hydrogen-bond donors (Lipinski definition) is 1. The molecule has 3 atom stereocenters. The number of aryl methyl sites for hydroxylation is 1. The third-order valence-corrected chi connectivity index (χ3v) is 5.32. The maximum Gasteiger partial charge on any atom is 0.270 e. The van der Waals surface area contributed by atoms with Crippen LogP contribution < -0.4 is 5.32 Å². The van der Waals surface area contributed by atoms with E-state index in [1.165, 1.54) is 12.1 Å². The Morgan fingerprint density at radius 1 is 1.04 bits per heavy atom. The number of anilines is 1. The monoisotopic (exact) mass is 351 g/mol. The van der Waals surface area contributed by atoms with E-state index < -0.39 is 4.92 Å². The largest absolute Gasteiger partial charge is 0.377 e. The van der Waals surface area contributed by atoms with Crippen LogP contribution in [-0.4, -0.2) is 9.85 Å². The third-order valence-electron chi connectivity index (χ3n) is 5.32. The molecular formula is C19H17N3O4. The van der Waals surface area contributed by atoms with Gasteiger partial charge < -0.3 is 5.32 Å². The zero-order valence-electron chi connectivity index (χ0n) is 14.1. The molecule has 1 aliphatic carbocycles. The maximum atomic E-state index is 11.2. The summed E-state index contributed by atoms with van der Waals surface area (Å²) < 4.78 is 0. The predicted molar refractivity (Wildman–Crippen MR) is 97.3 cm³/mol. The molecule has 7 nitrogen and oxygen atoms in total. The van der Waals surface area contributed by atoms with Gasteiger partial charge in [0.05, 0.1) is 15.9 Å². The number of rotatable bonds is 3. The number of nitrogens with zero attached hydrogens (tertiary/aromatic N) is 2. The van der Waals surface area contributed by atoms with Crippen LogP contribution in [0.4, 0.5) is 17.1 Å². The van der Waals surface area contributed by atoms with Gasteiger partial charge in [0.15, 0.2) is 0 Å². The lowest BCUT2D eigenvalue weighted by Crippen LogP contribution is -2.29. The van der Waals surface area contributed by atoms with Crippen LogP contribution in [0.1, 0.15) is 35.1 Å². The van der Waals surface area contributed by atoms with Crippen LogP contribution >= 0.6 is 0 Å². The molecule has 0 saturated carbocycles. The SMILES string of the molecule is Cc1cc([N+](=O)[O-])cc2c1N[C@H](c1ccc([N+](=O)[O-])cc1)[C@@H]1CC=C[C@H]21. The summed E-state index contributed by atoms with van der Waals surface area (Å²) in [5.41, 5.74) is 3.87. The fourth-order valence-electron chi connectivity index (χ4n) is 4.11. The van der Waals surface area contributed by atoms with E-state index in [1.807, 2.05) is 6.92 Å². The van der Waals surface area contributed by atoms with Gasteiger partial charge in [0.2, 0.25) is 0 Å². The first-order chi connectivity index (χ1) is 12.5. The van der Waals surface area contributed by atoms with Crippen molar-refractivity contribution in [2.24, 2.45) is 5.92 Å². The van der Waals surface area contributed by atoms with Crippen LogP contribution in [0.15, 0.2) is 48.6 Å². The Kier molecular flexibility index (Phi) is 3.72. The number of benzene rings is 2. The number of nitro benzene ring substituents is 2. The molecule has 26 heavy (non-hydrogen) atoms. The molecule has 0 bridgehead atoms. The Labute approximate surface area is 149 Å². The molecule has 0 aromatic heterocycles. The highest BCUT2D eigenvalue weighted by molar-refractivity contribution is 5.67. The van der Waals surface area contributed by atoms with Crippen LogP contribution in [0.3, 0.4) is 0 Å². The third kappa shape index (κ3) is 2.52. The van der Waals surface area contributed by atoms with Crippen LogP contribution in [0.5, 0.6) is 0 Å². The number of allylic oxidation sites excluding steroid dienone is 2. The number of non-ortho nitro benzene ring substituents is 2. The van der Waals surface area contributed by atoms with Gasteiger partial charge in [0.1, 0.15) is 0 Å². The summed E-state index contributed by atoms with van der Waals surface area (Å²) in [5, 5.41) is 25.6. The van der Waals surface area contributed by atoms with Gasteiger partial charge in [-0.25, -0.2) is 0 Å². The molecule has 2 aliphatic rings. The van der Waals surface area contributed by atoms with Gasteiger partial charge in [-0.3, -0.25) is 20.2 Å². The number of hydrogen-bond acceptors (Lipinski definition) is 5. The van der Waals surface area contributed by atoms with E-state index in [-0.39, 0.29) is 34.2 Å². The molecular weight excluding hydrogens is 334 g/mol. The minimum atomic E-state index is -0.406. The van der Waals surface area contributed by atoms with Gasteiger partial charge in [-0.15, -0.1) is 0 Å². The number of fused-ring (bicyclic) bond motifs is 3. The van der Waals surface area contributed by atoms with Crippen LogP contribution in [0, 0.1) is 33.1 Å². The molecule has 1 N–H and O–H groups in total. The summed E-state index contributed by atoms with van der Waals surface area (Å²) in [4.78, 5) is 21.3. The first-order valence-electron chi connectivity index (χ1n) is 8.42. The summed E-state index contributed by atoms with van der Waals surface area (Å²) in [5.74, 6) is 0.329. The van der Waals surface area contributed by atoms with E-state index >= 15 is 0 Å². The average Bonchev–Trinajstić information content (AvgIpc) is 3.11. The molecule has 2 aromatic carbocycles. The summed E-state index contributed by atoms with van der Waals surface area (Å²) >= 11 is 0. The fourth-order valence-corrected chi connectivity index (χ4v) is 4.11. The molecule has 132 valence electrons. The molecule has 1 aliphatic heterocycles. The highest BCUT2D eigenvalue weighted by atomic mass is 16.6. The van der Waals surface area contributed by atoms with Crippen LogP contribution in [-0.2, 0) is 0 Å². The fraction of sp³-hybridized carbons (Fsp3) is 0.263. The molecule has 1 heterocycles. The second-order valence-corrected chi connectivity index (χ2v) is 6.81. The van der Waals surface area contributed by atoms with Crippen molar-refractivity contribution in [3.8, 4) is 0 Å². The summed E-state index contributed by atoms with van der Waals surface area (Å²) in [7, 11) is 0. The summed E-state index contributed by atoms with van der Waals surface area (Å²) in [6.07, 6.45) is 5.09. The van der Waals surface area contributed by atoms with Crippen molar-refractivity contribution in [2.45, 2.75) is 25.3 Å². The molecule has 0 unspecified atom stereocenters. The average molecular weight is 351 g/mol. The summed E-state index contributed by atoms with van der Waals surface area (Å²) in [6.45, 7) is 1.87. The highest BCUT2D eigenvalue weighted by Crippen LogP contribution is 2.51. The summed E-state index contributed by atoms with van der Waals surface area (Å²) in [6, 6.07) is 9.86. The second-order valence-electron chi connectivity index (χ2n) is 6.81. The van der Waals surface area contributed by atoms with Gasteiger partial charge in [-0.1, -0.05) is 24.3 Å². The molecule has 0 fully saturated rings. The topological polar surface area (TPSA) is 98.3 Å². The van der Waals surface area contributed by atoms with Crippen molar-refractivity contribution in [1.29, 1.82) is 0 Å². The molecule has 0 amide bonds. The Morgan fingerprint density at radius 2 is 1.73 bits per heavy atom. The molecule has 2 aromatic rings. The van der Waals surface area contributed by atoms with Crippen molar-refractivity contribution < 1.29 is 9.85 Å². The zero-order valence-corrected chi connectivity index (χ0v) is 14.1. The van der Waals surface area contributed by atoms with Crippen molar-refractivity contribution >= 4 is 17.1 Å². The van der Waals surface area contributed by atoms with Crippen LogP contribution in [0.25, 0.3) is 0 Å². The van der Waals surface area contributed by atoms with Gasteiger partial charge in [0, 0.05) is 35.9 Å². The Morgan fingerprint density at radius 3 is 2.38 bits per heavy atom. The van der Waals surface area contributed by atoms with Gasteiger partial charge in [-0.2, -0.15) is 0 Å². The smallest absolute Gasteiger partial charge is 0.270 e. The molecule has 7 heteroatoms. The van der Waals surface area contributed by atoms with Crippen LogP contribution in [0.2, 0.25) is 0 Å². The molecule has 4 rings (SSSR count). The van der Waals surface area contributed by atoms with E-state index in [2.05, 4.69) is 17.5 Å².